The number of halogens is 2. The molecule has 9 nitrogen and oxygen atoms in total. The summed E-state index contributed by atoms with van der Waals surface area (Å²) in [6.07, 6.45) is 2.20. The van der Waals surface area contributed by atoms with E-state index < -0.39 is 27.9 Å². The lowest BCUT2D eigenvalue weighted by molar-refractivity contribution is -0.121. The third-order valence-corrected chi connectivity index (χ3v) is 8.94. The summed E-state index contributed by atoms with van der Waals surface area (Å²) in [5.41, 5.74) is 2.31. The van der Waals surface area contributed by atoms with Gasteiger partial charge >= 0.3 is 5.76 Å². The largest absolute Gasteiger partial charge is 0.372 e. The second kappa shape index (κ2) is 11.3. The Morgan fingerprint density at radius 2 is 1.82 bits per heavy atom. The molecule has 2 fully saturated rings. The van der Waals surface area contributed by atoms with E-state index in [1.165, 1.54) is 0 Å². The molecular weight excluding hydrogens is 540 g/mol. The fourth-order valence-electron chi connectivity index (χ4n) is 5.57. The highest BCUT2D eigenvalue weighted by molar-refractivity contribution is 7.89. The second-order valence-electron chi connectivity index (χ2n) is 10.7. The average molecular weight is 574 g/mol. The van der Waals surface area contributed by atoms with Crippen LogP contribution in [0.1, 0.15) is 32.9 Å². The highest BCUT2D eigenvalue weighted by atomic mass is 32.2. The fourth-order valence-corrected chi connectivity index (χ4v) is 6.75. The Bertz CT molecular complexity index is 1500. The minimum absolute atomic E-state index is 0.0201. The Balaban J connectivity index is 1.28. The van der Waals surface area contributed by atoms with Gasteiger partial charge in [-0.1, -0.05) is 18.2 Å². The smallest absolute Gasteiger partial charge is 0.350 e. The molecule has 4 atom stereocenters. The summed E-state index contributed by atoms with van der Waals surface area (Å²) in [4.78, 5) is 24.3. The molecule has 12 heteroatoms. The van der Waals surface area contributed by atoms with E-state index >= 15 is 0 Å². The molecule has 40 heavy (non-hydrogen) atoms. The van der Waals surface area contributed by atoms with Crippen LogP contribution in [0.3, 0.4) is 0 Å². The number of ether oxygens (including phenoxy) is 1. The van der Waals surface area contributed by atoms with E-state index in [9.17, 15) is 22.0 Å². The summed E-state index contributed by atoms with van der Waals surface area (Å²) in [5, 5.41) is 4.59. The van der Waals surface area contributed by atoms with E-state index in [1.807, 2.05) is 42.5 Å². The van der Waals surface area contributed by atoms with Gasteiger partial charge in [0.25, 0.3) is 10.0 Å². The van der Waals surface area contributed by atoms with Crippen molar-refractivity contribution in [2.75, 3.05) is 24.5 Å². The number of benzene rings is 1. The summed E-state index contributed by atoms with van der Waals surface area (Å²) in [5.74, 6) is -2.94. The van der Waals surface area contributed by atoms with Crippen molar-refractivity contribution in [1.29, 1.82) is 0 Å². The van der Waals surface area contributed by atoms with Gasteiger partial charge in [-0.15, -0.1) is 0 Å². The highest BCUT2D eigenvalue weighted by Crippen LogP contribution is 2.27. The van der Waals surface area contributed by atoms with Crippen molar-refractivity contribution < 1.29 is 26.7 Å². The van der Waals surface area contributed by atoms with Gasteiger partial charge in [-0.25, -0.2) is 13.4 Å². The lowest BCUT2D eigenvalue weighted by atomic mass is 10.0. The zero-order chi connectivity index (χ0) is 28.6. The summed E-state index contributed by atoms with van der Waals surface area (Å²) < 4.78 is 56.3. The Morgan fingerprint density at radius 1 is 1.07 bits per heavy atom. The minimum atomic E-state index is -4.70. The first-order valence-corrected chi connectivity index (χ1v) is 14.8. The van der Waals surface area contributed by atoms with Gasteiger partial charge in [0, 0.05) is 48.9 Å². The lowest BCUT2D eigenvalue weighted by Crippen LogP contribution is -2.45. The number of nitrogens with zero attached hydrogens (tertiary/aromatic N) is 4. The van der Waals surface area contributed by atoms with E-state index in [-0.39, 0.29) is 37.5 Å². The monoisotopic (exact) mass is 573 g/mol. The number of pyridine rings is 2. The topological polar surface area (TPSA) is 105 Å². The number of carbonyl (C=O) groups excluding carboxylic acids is 1. The van der Waals surface area contributed by atoms with E-state index in [2.05, 4.69) is 29.0 Å². The fraction of sp³-hybridized carbons (Fsp3) is 0.464. The maximum Gasteiger partial charge on any atom is 0.350 e. The van der Waals surface area contributed by atoms with Crippen LogP contribution >= 0.6 is 0 Å². The van der Waals surface area contributed by atoms with Crippen LogP contribution in [0.2, 0.25) is 0 Å². The van der Waals surface area contributed by atoms with Crippen molar-refractivity contribution in [3.8, 4) is 11.3 Å². The molecule has 2 aliphatic rings. The SMILES string of the molecule is C[C@@H]1CN(c2cccc(-c3ccc4cnc(CC(=O)N[C@@H]5C[C@@H](C)N(S(=O)(=O)C(F)F)C5)cc4c3)n2)C[C@H](C)O1. The van der Waals surface area contributed by atoms with Crippen LogP contribution in [0, 0.1) is 0 Å². The predicted molar refractivity (Wildman–Crippen MR) is 149 cm³/mol. The van der Waals surface area contributed by atoms with Gasteiger partial charge < -0.3 is 15.0 Å². The number of alkyl halides is 2. The molecule has 0 spiro atoms. The van der Waals surface area contributed by atoms with Crippen LogP contribution in [0.15, 0.2) is 48.7 Å². The van der Waals surface area contributed by atoms with Crippen LogP contribution < -0.4 is 10.2 Å². The third kappa shape index (κ3) is 6.08. The van der Waals surface area contributed by atoms with Gasteiger partial charge in [0.1, 0.15) is 5.82 Å². The van der Waals surface area contributed by atoms with Crippen LogP contribution in [-0.2, 0) is 26.0 Å². The highest BCUT2D eigenvalue weighted by Gasteiger charge is 2.42. The summed E-state index contributed by atoms with van der Waals surface area (Å²) in [6.45, 7) is 7.04. The van der Waals surface area contributed by atoms with Crippen LogP contribution in [0.25, 0.3) is 22.0 Å². The zero-order valence-corrected chi connectivity index (χ0v) is 23.4. The van der Waals surface area contributed by atoms with Gasteiger partial charge in [-0.05, 0) is 56.8 Å². The number of fused-ring (bicyclic) bond motifs is 1. The molecule has 0 unspecified atom stereocenters. The maximum absolute atomic E-state index is 13.0. The number of hydrogen-bond donors (Lipinski definition) is 1. The van der Waals surface area contributed by atoms with Crippen LogP contribution in [0.4, 0.5) is 14.6 Å². The first-order chi connectivity index (χ1) is 19.0. The number of morpholine rings is 1. The van der Waals surface area contributed by atoms with E-state index in [4.69, 9.17) is 9.72 Å². The molecule has 5 rings (SSSR count). The molecule has 3 aromatic rings. The van der Waals surface area contributed by atoms with Gasteiger partial charge in [-0.2, -0.15) is 13.1 Å². The van der Waals surface area contributed by atoms with Gasteiger partial charge in [0.15, 0.2) is 0 Å². The Labute approximate surface area is 232 Å². The van der Waals surface area contributed by atoms with E-state index in [1.54, 1.807) is 13.1 Å². The number of sulfonamides is 1. The summed E-state index contributed by atoms with van der Waals surface area (Å²) >= 11 is 0. The standard InChI is InChI=1S/C28H33F2N5O4S/c1-17-9-24(16-35(17)40(37,38)28(29)30)32-27(36)12-23-11-22-10-20(7-8-21(22)13-31-23)25-5-4-6-26(33-25)34-14-18(2)39-19(3)15-34/h4-8,10-11,13,17-19,24,28H,9,12,14-16H2,1-3H3,(H,32,36)/t17-,18-,19+,24-/m1/s1. The molecule has 1 amide bonds. The molecule has 214 valence electrons. The van der Waals surface area contributed by atoms with Crippen molar-refractivity contribution in [1.82, 2.24) is 19.6 Å². The normalized spacial score (nSPS) is 24.1. The molecule has 4 heterocycles. The number of nitrogens with one attached hydrogen (secondary N) is 1. The van der Waals surface area contributed by atoms with Crippen molar-refractivity contribution in [3.05, 3.63) is 54.4 Å². The van der Waals surface area contributed by atoms with Crippen LogP contribution in [-0.4, -0.2) is 78.3 Å². The van der Waals surface area contributed by atoms with Crippen molar-refractivity contribution in [2.24, 2.45) is 0 Å². The molecule has 2 aliphatic heterocycles. The quantitative estimate of drug-likeness (QED) is 0.461. The summed E-state index contributed by atoms with van der Waals surface area (Å²) in [7, 11) is -4.70. The Hall–Kier alpha value is -3.22. The first-order valence-electron chi connectivity index (χ1n) is 13.3. The molecule has 1 N–H and O–H groups in total. The van der Waals surface area contributed by atoms with Crippen molar-refractivity contribution in [2.45, 2.75) is 63.7 Å². The van der Waals surface area contributed by atoms with Gasteiger partial charge in [0.2, 0.25) is 5.91 Å². The molecule has 0 saturated carbocycles. The van der Waals surface area contributed by atoms with Crippen LogP contribution in [0.5, 0.6) is 0 Å². The maximum atomic E-state index is 13.0. The Kier molecular flexibility index (Phi) is 8.03. The molecule has 2 saturated heterocycles. The molecule has 0 bridgehead atoms. The third-order valence-electron chi connectivity index (χ3n) is 7.33. The number of carbonyl (C=O) groups is 1. The Morgan fingerprint density at radius 3 is 2.55 bits per heavy atom. The van der Waals surface area contributed by atoms with Gasteiger partial charge in [-0.3, -0.25) is 9.78 Å². The number of aromatic nitrogens is 2. The molecular formula is C28H33F2N5O4S. The predicted octanol–water partition coefficient (Wildman–Crippen LogP) is 3.58. The van der Waals surface area contributed by atoms with Crippen molar-refractivity contribution in [3.63, 3.8) is 0 Å². The number of hydrogen-bond acceptors (Lipinski definition) is 7. The lowest BCUT2D eigenvalue weighted by Gasteiger charge is -2.36. The number of anilines is 1. The second-order valence-corrected chi connectivity index (χ2v) is 12.5. The van der Waals surface area contributed by atoms with E-state index in [0.29, 0.717) is 5.69 Å². The molecule has 1 aromatic carbocycles. The molecule has 2 aromatic heterocycles. The van der Waals surface area contributed by atoms with Crippen molar-refractivity contribution >= 4 is 32.5 Å². The molecule has 0 aliphatic carbocycles. The molecule has 0 radical (unpaired) electrons. The van der Waals surface area contributed by atoms with Gasteiger partial charge in [0.05, 0.1) is 30.0 Å². The zero-order valence-electron chi connectivity index (χ0n) is 22.6. The average Bonchev–Trinajstić information content (AvgIpc) is 3.28. The number of amides is 1. The number of rotatable bonds is 7. The van der Waals surface area contributed by atoms with E-state index in [0.717, 1.165) is 45.2 Å². The summed E-state index contributed by atoms with van der Waals surface area (Å²) in [6, 6.07) is 12.6. The first kappa shape index (κ1) is 28.3. The minimum Gasteiger partial charge on any atom is -0.372 e.